The summed E-state index contributed by atoms with van der Waals surface area (Å²) in [5.74, 6) is -2.03. The maximum Gasteiger partial charge on any atom is 0.417 e. The van der Waals surface area contributed by atoms with E-state index in [4.69, 9.17) is 20.8 Å². The van der Waals surface area contributed by atoms with E-state index in [0.717, 1.165) is 6.07 Å². The molecule has 32 heavy (non-hydrogen) atoms. The molecule has 11 heteroatoms. The molecule has 1 heterocycles. The lowest BCUT2D eigenvalue weighted by Gasteiger charge is -2.12. The number of esters is 1. The Labute approximate surface area is 184 Å². The van der Waals surface area contributed by atoms with Crippen molar-refractivity contribution in [1.82, 2.24) is 0 Å². The average Bonchev–Trinajstić information content (AvgIpc) is 3.28. The molecule has 7 nitrogen and oxygen atoms in total. The first-order valence-electron chi connectivity index (χ1n) is 8.92. The molecule has 0 unspecified atom stereocenters. The van der Waals surface area contributed by atoms with E-state index in [0.29, 0.717) is 11.8 Å². The molecule has 2 aromatic carbocycles. The molecule has 0 fully saturated rings. The van der Waals surface area contributed by atoms with Gasteiger partial charge >= 0.3 is 12.1 Å². The second kappa shape index (κ2) is 9.56. The molecule has 0 saturated carbocycles. The topological polar surface area (TPSA) is 97.6 Å². The van der Waals surface area contributed by atoms with Crippen LogP contribution in [0.3, 0.4) is 0 Å². The molecule has 3 aromatic rings. The van der Waals surface area contributed by atoms with Crippen molar-refractivity contribution in [2.45, 2.75) is 6.18 Å². The van der Waals surface area contributed by atoms with Gasteiger partial charge < -0.3 is 19.8 Å². The summed E-state index contributed by atoms with van der Waals surface area (Å²) in [6.45, 7) is -0.722. The summed E-state index contributed by atoms with van der Waals surface area (Å²) in [5.41, 5.74) is -0.767. The van der Waals surface area contributed by atoms with Crippen LogP contribution in [0.5, 0.6) is 0 Å². The second-order valence-corrected chi connectivity index (χ2v) is 6.73. The van der Waals surface area contributed by atoms with Gasteiger partial charge in [-0.1, -0.05) is 11.6 Å². The van der Waals surface area contributed by atoms with Gasteiger partial charge in [-0.15, -0.1) is 0 Å². The van der Waals surface area contributed by atoms with E-state index in [1.807, 2.05) is 0 Å². The molecule has 1 aromatic heterocycles. The van der Waals surface area contributed by atoms with E-state index in [2.05, 4.69) is 10.6 Å². The number of hydrogen-bond donors (Lipinski definition) is 2. The van der Waals surface area contributed by atoms with E-state index in [-0.39, 0.29) is 17.0 Å². The van der Waals surface area contributed by atoms with E-state index in [9.17, 15) is 27.6 Å². The normalized spacial score (nSPS) is 11.0. The van der Waals surface area contributed by atoms with Crippen molar-refractivity contribution in [1.29, 1.82) is 0 Å². The lowest BCUT2D eigenvalue weighted by atomic mass is 10.2. The van der Waals surface area contributed by atoms with Crippen LogP contribution in [0.25, 0.3) is 0 Å². The number of amides is 2. The fraction of sp³-hybridized carbons (Fsp3) is 0.0952. The van der Waals surface area contributed by atoms with Crippen molar-refractivity contribution in [2.75, 3.05) is 17.2 Å². The van der Waals surface area contributed by atoms with Crippen molar-refractivity contribution >= 4 is 40.8 Å². The van der Waals surface area contributed by atoms with E-state index >= 15 is 0 Å². The van der Waals surface area contributed by atoms with Gasteiger partial charge in [0.15, 0.2) is 12.4 Å². The SMILES string of the molecule is O=C(COC(=O)c1ccc(NC(=O)c2ccco2)cc1)Nc1ccc(Cl)c(C(F)(F)F)c1. The molecule has 2 N–H and O–H groups in total. The second-order valence-electron chi connectivity index (χ2n) is 6.33. The van der Waals surface area contributed by atoms with Crippen LogP contribution < -0.4 is 10.6 Å². The van der Waals surface area contributed by atoms with Crippen LogP contribution >= 0.6 is 11.6 Å². The number of ether oxygens (including phenoxy) is 1. The minimum atomic E-state index is -4.69. The highest BCUT2D eigenvalue weighted by atomic mass is 35.5. The Balaban J connectivity index is 1.53. The number of furan rings is 1. The zero-order valence-electron chi connectivity index (χ0n) is 16.0. The summed E-state index contributed by atoms with van der Waals surface area (Å²) in [6.07, 6.45) is -3.33. The Morgan fingerprint density at radius 3 is 2.28 bits per heavy atom. The van der Waals surface area contributed by atoms with Gasteiger partial charge in [0.2, 0.25) is 0 Å². The van der Waals surface area contributed by atoms with E-state index in [1.165, 1.54) is 42.7 Å². The molecule has 0 atom stereocenters. The number of rotatable bonds is 6. The Kier molecular flexibility index (Phi) is 6.84. The molecule has 0 aliphatic carbocycles. The van der Waals surface area contributed by atoms with Crippen LogP contribution in [0, 0.1) is 0 Å². The third-order valence-corrected chi connectivity index (χ3v) is 4.34. The van der Waals surface area contributed by atoms with E-state index < -0.39 is 41.2 Å². The zero-order valence-corrected chi connectivity index (χ0v) is 16.8. The summed E-state index contributed by atoms with van der Waals surface area (Å²) < 4.78 is 48.5. The minimum absolute atomic E-state index is 0.0969. The average molecular weight is 467 g/mol. The number of anilines is 2. The minimum Gasteiger partial charge on any atom is -0.459 e. The number of nitrogens with one attached hydrogen (secondary N) is 2. The molecule has 2 amide bonds. The summed E-state index contributed by atoms with van der Waals surface area (Å²) in [4.78, 5) is 35.9. The third kappa shape index (κ3) is 5.88. The van der Waals surface area contributed by atoms with Crippen LogP contribution in [0.15, 0.2) is 65.3 Å². The highest BCUT2D eigenvalue weighted by molar-refractivity contribution is 6.31. The number of halogens is 4. The van der Waals surface area contributed by atoms with Gasteiger partial charge in [-0.2, -0.15) is 13.2 Å². The fourth-order valence-electron chi connectivity index (χ4n) is 2.52. The first-order chi connectivity index (χ1) is 15.1. The monoisotopic (exact) mass is 466 g/mol. The molecule has 166 valence electrons. The zero-order chi connectivity index (χ0) is 23.3. The van der Waals surface area contributed by atoms with Crippen molar-refractivity contribution in [3.8, 4) is 0 Å². The number of benzene rings is 2. The largest absolute Gasteiger partial charge is 0.459 e. The maximum absolute atomic E-state index is 12.9. The number of carbonyl (C=O) groups excluding carboxylic acids is 3. The molecule has 0 bridgehead atoms. The quantitative estimate of drug-likeness (QED) is 0.498. The van der Waals surface area contributed by atoms with Crippen LogP contribution in [-0.4, -0.2) is 24.4 Å². The van der Waals surface area contributed by atoms with Gasteiger partial charge in [0, 0.05) is 11.4 Å². The number of carbonyl (C=O) groups is 3. The molecule has 3 rings (SSSR count). The summed E-state index contributed by atoms with van der Waals surface area (Å²) in [7, 11) is 0. The van der Waals surface area contributed by atoms with Crippen LogP contribution in [0.1, 0.15) is 26.5 Å². The Morgan fingerprint density at radius 2 is 1.66 bits per heavy atom. The predicted octanol–water partition coefficient (Wildman–Crippen LogP) is 5.00. The van der Waals surface area contributed by atoms with Crippen LogP contribution in [0.2, 0.25) is 5.02 Å². The first kappa shape index (κ1) is 22.9. The number of alkyl halides is 3. The van der Waals surface area contributed by atoms with Crippen LogP contribution in [-0.2, 0) is 15.7 Å². The highest BCUT2D eigenvalue weighted by Crippen LogP contribution is 2.36. The van der Waals surface area contributed by atoms with Crippen molar-refractivity contribution in [2.24, 2.45) is 0 Å². The third-order valence-electron chi connectivity index (χ3n) is 4.01. The van der Waals surface area contributed by atoms with Gasteiger partial charge in [-0.25, -0.2) is 4.79 Å². The van der Waals surface area contributed by atoms with Gasteiger partial charge in [-0.05, 0) is 54.6 Å². The van der Waals surface area contributed by atoms with Gasteiger partial charge in [0.1, 0.15) is 0 Å². The van der Waals surface area contributed by atoms with Crippen molar-refractivity contribution in [3.63, 3.8) is 0 Å². The lowest BCUT2D eigenvalue weighted by molar-refractivity contribution is -0.137. The van der Waals surface area contributed by atoms with Crippen molar-refractivity contribution in [3.05, 3.63) is 82.8 Å². The standard InChI is InChI=1S/C21H14ClF3N2O5/c22-16-8-7-14(10-15(16)21(23,24)25)26-18(28)11-32-20(30)12-3-5-13(6-4-12)27-19(29)17-2-1-9-31-17/h1-10H,11H2,(H,26,28)(H,27,29). The van der Waals surface area contributed by atoms with Crippen molar-refractivity contribution < 1.29 is 36.7 Å². The van der Waals surface area contributed by atoms with Crippen LogP contribution in [0.4, 0.5) is 24.5 Å². The smallest absolute Gasteiger partial charge is 0.417 e. The first-order valence-corrected chi connectivity index (χ1v) is 9.30. The number of hydrogen-bond acceptors (Lipinski definition) is 5. The summed E-state index contributed by atoms with van der Waals surface area (Å²) in [5, 5.41) is 4.26. The fourth-order valence-corrected chi connectivity index (χ4v) is 2.75. The Hall–Kier alpha value is -3.79. The van der Waals surface area contributed by atoms with Gasteiger partial charge in [-0.3, -0.25) is 9.59 Å². The predicted molar refractivity (Wildman–Crippen MR) is 108 cm³/mol. The van der Waals surface area contributed by atoms with Gasteiger partial charge in [0.05, 0.1) is 22.4 Å². The highest BCUT2D eigenvalue weighted by Gasteiger charge is 2.33. The maximum atomic E-state index is 12.9. The Bertz CT molecular complexity index is 1130. The molecule has 0 aliphatic heterocycles. The molecule has 0 spiro atoms. The molecular formula is C21H14ClF3N2O5. The Morgan fingerprint density at radius 1 is 0.969 bits per heavy atom. The van der Waals surface area contributed by atoms with Gasteiger partial charge in [0.25, 0.3) is 11.8 Å². The molecule has 0 aliphatic rings. The molecule has 0 saturated heterocycles. The summed E-state index contributed by atoms with van der Waals surface area (Å²) in [6, 6.07) is 11.5. The summed E-state index contributed by atoms with van der Waals surface area (Å²) >= 11 is 5.52. The van der Waals surface area contributed by atoms with E-state index in [1.54, 1.807) is 6.07 Å². The molecule has 0 radical (unpaired) electrons. The lowest BCUT2D eigenvalue weighted by Crippen LogP contribution is -2.21. The molecular weight excluding hydrogens is 453 g/mol.